The molecule has 6 heteroatoms. The third-order valence-electron chi connectivity index (χ3n) is 3.90. The Kier molecular flexibility index (Phi) is 5.81. The van der Waals surface area contributed by atoms with Crippen LogP contribution in [-0.4, -0.2) is 22.4 Å². The quantitative estimate of drug-likeness (QED) is 0.709. The predicted octanol–water partition coefficient (Wildman–Crippen LogP) is 4.22. The molecule has 1 heterocycles. The van der Waals surface area contributed by atoms with E-state index < -0.39 is 0 Å². The lowest BCUT2D eigenvalue weighted by Crippen LogP contribution is -2.26. The maximum Gasteiger partial charge on any atom is 0.270 e. The summed E-state index contributed by atoms with van der Waals surface area (Å²) in [5, 5.41) is 3.47. The molecule has 0 bridgehead atoms. The number of nitrogens with zero attached hydrogens (tertiary/aromatic N) is 3. The van der Waals surface area contributed by atoms with Crippen molar-refractivity contribution in [1.29, 1.82) is 0 Å². The van der Waals surface area contributed by atoms with E-state index in [1.807, 2.05) is 60.4 Å². The van der Waals surface area contributed by atoms with Gasteiger partial charge in [-0.05, 0) is 36.8 Å². The average molecular weight is 367 g/mol. The number of carbonyl (C=O) groups is 1. The van der Waals surface area contributed by atoms with E-state index in [0.717, 1.165) is 11.3 Å². The van der Waals surface area contributed by atoms with Crippen molar-refractivity contribution in [3.8, 4) is 0 Å². The second kappa shape index (κ2) is 8.45. The number of carbonyl (C=O) groups excluding carboxylic acids is 1. The maximum absolute atomic E-state index is 12.5. The topological polar surface area (TPSA) is 58.1 Å². The summed E-state index contributed by atoms with van der Waals surface area (Å²) in [6, 6.07) is 18.8. The van der Waals surface area contributed by atoms with Crippen LogP contribution in [0.25, 0.3) is 0 Å². The molecule has 1 aromatic heterocycles. The average Bonchev–Trinajstić information content (AvgIpc) is 2.69. The number of halogens is 1. The number of nitrogens with one attached hydrogen (secondary N) is 1. The fourth-order valence-electron chi connectivity index (χ4n) is 2.56. The molecule has 1 N–H and O–H groups in total. The number of benzene rings is 2. The molecule has 0 aliphatic heterocycles. The van der Waals surface area contributed by atoms with Gasteiger partial charge in [0, 0.05) is 30.0 Å². The van der Waals surface area contributed by atoms with Crippen LogP contribution in [0.2, 0.25) is 5.02 Å². The summed E-state index contributed by atoms with van der Waals surface area (Å²) in [4.78, 5) is 23.2. The van der Waals surface area contributed by atoms with Gasteiger partial charge >= 0.3 is 0 Å². The van der Waals surface area contributed by atoms with Crippen LogP contribution >= 0.6 is 11.6 Å². The second-order valence-electron chi connectivity index (χ2n) is 5.60. The van der Waals surface area contributed by atoms with Crippen molar-refractivity contribution >= 4 is 29.1 Å². The molecular formula is C20H19ClN4O. The fourth-order valence-corrected chi connectivity index (χ4v) is 2.76. The molecule has 3 rings (SSSR count). The van der Waals surface area contributed by atoms with Gasteiger partial charge in [-0.3, -0.25) is 4.79 Å². The summed E-state index contributed by atoms with van der Waals surface area (Å²) in [7, 11) is 0. The Balaban J connectivity index is 1.76. The maximum atomic E-state index is 12.5. The first kappa shape index (κ1) is 17.9. The summed E-state index contributed by atoms with van der Waals surface area (Å²) >= 11 is 6.12. The SMILES string of the molecule is CCN(c1ccccc1)c1nccc(C(=O)NCc2ccccc2Cl)n1. The van der Waals surface area contributed by atoms with Crippen LogP contribution in [0.5, 0.6) is 0 Å². The standard InChI is InChI=1S/C20H19ClN4O/c1-2-25(16-9-4-3-5-10-16)20-22-13-12-18(24-20)19(26)23-14-15-8-6-7-11-17(15)21/h3-13H,2,14H2,1H3,(H,23,26). The molecular weight excluding hydrogens is 348 g/mol. The zero-order chi connectivity index (χ0) is 18.4. The Morgan fingerprint density at radius 2 is 1.81 bits per heavy atom. The van der Waals surface area contributed by atoms with Crippen LogP contribution in [0.3, 0.4) is 0 Å². The van der Waals surface area contributed by atoms with Crippen molar-refractivity contribution in [2.24, 2.45) is 0 Å². The first-order chi connectivity index (χ1) is 12.7. The highest BCUT2D eigenvalue weighted by atomic mass is 35.5. The summed E-state index contributed by atoms with van der Waals surface area (Å²) in [6.45, 7) is 3.04. The van der Waals surface area contributed by atoms with Crippen molar-refractivity contribution in [2.75, 3.05) is 11.4 Å². The summed E-state index contributed by atoms with van der Waals surface area (Å²) < 4.78 is 0. The van der Waals surface area contributed by atoms with Crippen LogP contribution in [-0.2, 0) is 6.54 Å². The Bertz CT molecular complexity index is 886. The van der Waals surface area contributed by atoms with Gasteiger partial charge < -0.3 is 10.2 Å². The van der Waals surface area contributed by atoms with Crippen molar-refractivity contribution in [2.45, 2.75) is 13.5 Å². The fraction of sp³-hybridized carbons (Fsp3) is 0.150. The molecule has 5 nitrogen and oxygen atoms in total. The van der Waals surface area contributed by atoms with Gasteiger partial charge in [0.15, 0.2) is 0 Å². The largest absolute Gasteiger partial charge is 0.347 e. The molecule has 0 unspecified atom stereocenters. The van der Waals surface area contributed by atoms with Crippen molar-refractivity contribution in [3.63, 3.8) is 0 Å². The predicted molar refractivity (Wildman–Crippen MR) is 104 cm³/mol. The second-order valence-corrected chi connectivity index (χ2v) is 6.00. The minimum atomic E-state index is -0.266. The van der Waals surface area contributed by atoms with Gasteiger partial charge in [0.25, 0.3) is 5.91 Å². The highest BCUT2D eigenvalue weighted by Crippen LogP contribution is 2.21. The summed E-state index contributed by atoms with van der Waals surface area (Å²) in [5.41, 5.74) is 2.15. The molecule has 0 atom stereocenters. The molecule has 0 radical (unpaired) electrons. The lowest BCUT2D eigenvalue weighted by Gasteiger charge is -2.21. The molecule has 0 aliphatic rings. The molecule has 26 heavy (non-hydrogen) atoms. The molecule has 0 fully saturated rings. The molecule has 132 valence electrons. The van der Waals surface area contributed by atoms with Gasteiger partial charge in [0.05, 0.1) is 0 Å². The van der Waals surface area contributed by atoms with E-state index in [-0.39, 0.29) is 5.91 Å². The van der Waals surface area contributed by atoms with E-state index in [2.05, 4.69) is 15.3 Å². The van der Waals surface area contributed by atoms with Crippen LogP contribution in [0.15, 0.2) is 66.9 Å². The van der Waals surface area contributed by atoms with Gasteiger partial charge in [-0.25, -0.2) is 9.97 Å². The first-order valence-electron chi connectivity index (χ1n) is 8.36. The molecule has 1 amide bonds. The smallest absolute Gasteiger partial charge is 0.270 e. The van der Waals surface area contributed by atoms with Gasteiger partial charge in [0.2, 0.25) is 5.95 Å². The van der Waals surface area contributed by atoms with Gasteiger partial charge in [-0.2, -0.15) is 0 Å². The molecule has 0 saturated carbocycles. The van der Waals surface area contributed by atoms with Crippen LogP contribution < -0.4 is 10.2 Å². The van der Waals surface area contributed by atoms with Gasteiger partial charge in [-0.1, -0.05) is 48.0 Å². The van der Waals surface area contributed by atoms with E-state index in [0.29, 0.717) is 29.8 Å². The molecule has 0 aliphatic carbocycles. The monoisotopic (exact) mass is 366 g/mol. The molecule has 3 aromatic rings. The Hall–Kier alpha value is -2.92. The van der Waals surface area contributed by atoms with Crippen molar-refractivity contribution < 1.29 is 4.79 Å². The van der Waals surface area contributed by atoms with Crippen LogP contribution in [0.1, 0.15) is 23.0 Å². The Morgan fingerprint density at radius 3 is 2.54 bits per heavy atom. The van der Waals surface area contributed by atoms with Crippen LogP contribution in [0, 0.1) is 0 Å². The number of anilines is 2. The molecule has 0 saturated heterocycles. The van der Waals surface area contributed by atoms with Crippen molar-refractivity contribution in [3.05, 3.63) is 83.1 Å². The summed E-state index contributed by atoms with van der Waals surface area (Å²) in [6.07, 6.45) is 1.60. The zero-order valence-corrected chi connectivity index (χ0v) is 15.1. The Morgan fingerprint density at radius 1 is 1.08 bits per heavy atom. The molecule has 2 aromatic carbocycles. The van der Waals surface area contributed by atoms with Gasteiger partial charge in [-0.15, -0.1) is 0 Å². The minimum Gasteiger partial charge on any atom is -0.347 e. The minimum absolute atomic E-state index is 0.266. The summed E-state index contributed by atoms with van der Waals surface area (Å²) in [5.74, 6) is 0.224. The first-order valence-corrected chi connectivity index (χ1v) is 8.74. The number of hydrogen-bond acceptors (Lipinski definition) is 4. The number of amides is 1. The Labute approximate surface area is 157 Å². The van der Waals surface area contributed by atoms with E-state index in [4.69, 9.17) is 11.6 Å². The van der Waals surface area contributed by atoms with E-state index >= 15 is 0 Å². The third kappa shape index (κ3) is 4.18. The third-order valence-corrected chi connectivity index (χ3v) is 4.27. The highest BCUT2D eigenvalue weighted by Gasteiger charge is 2.14. The number of rotatable bonds is 6. The van der Waals surface area contributed by atoms with Crippen molar-refractivity contribution in [1.82, 2.24) is 15.3 Å². The number of aromatic nitrogens is 2. The number of hydrogen-bond donors (Lipinski definition) is 1. The number of para-hydroxylation sites is 1. The highest BCUT2D eigenvalue weighted by molar-refractivity contribution is 6.31. The van der Waals surface area contributed by atoms with Gasteiger partial charge in [0.1, 0.15) is 5.69 Å². The van der Waals surface area contributed by atoms with Crippen LogP contribution in [0.4, 0.5) is 11.6 Å². The lowest BCUT2D eigenvalue weighted by atomic mass is 10.2. The normalized spacial score (nSPS) is 10.4. The van der Waals surface area contributed by atoms with E-state index in [9.17, 15) is 4.79 Å². The molecule has 0 spiro atoms. The lowest BCUT2D eigenvalue weighted by molar-refractivity contribution is 0.0946. The zero-order valence-electron chi connectivity index (χ0n) is 14.4. The van der Waals surface area contributed by atoms with E-state index in [1.54, 1.807) is 18.3 Å². The van der Waals surface area contributed by atoms with E-state index in [1.165, 1.54) is 0 Å².